The van der Waals surface area contributed by atoms with Gasteiger partial charge in [-0.25, -0.2) is 4.79 Å². The van der Waals surface area contributed by atoms with Gasteiger partial charge in [0.25, 0.3) is 0 Å². The Morgan fingerprint density at radius 2 is 1.88 bits per heavy atom. The number of carbonyl (C=O) groups is 3. The van der Waals surface area contributed by atoms with Crippen molar-refractivity contribution < 1.29 is 19.5 Å². The van der Waals surface area contributed by atoms with Crippen molar-refractivity contribution >= 4 is 39.4 Å². The van der Waals surface area contributed by atoms with E-state index in [9.17, 15) is 19.5 Å². The summed E-state index contributed by atoms with van der Waals surface area (Å²) in [5.41, 5.74) is -0.451. The van der Waals surface area contributed by atoms with E-state index < -0.39 is 17.4 Å². The van der Waals surface area contributed by atoms with Gasteiger partial charge < -0.3 is 15.3 Å². The summed E-state index contributed by atoms with van der Waals surface area (Å²) < 4.78 is 0.790. The number of amides is 2. The van der Waals surface area contributed by atoms with E-state index in [0.29, 0.717) is 12.8 Å². The molecule has 1 heterocycles. The molecule has 134 valence electrons. The van der Waals surface area contributed by atoms with E-state index in [1.807, 2.05) is 24.3 Å². The van der Waals surface area contributed by atoms with Crippen LogP contribution in [0.5, 0.6) is 0 Å². The SMILES string of the molecule is O=C(NC1(C(=O)O)CCCCC1)[C@@H]1CC(=O)N(c2ccccc2Br)C1. The maximum atomic E-state index is 12.7. The molecule has 0 unspecified atom stereocenters. The number of halogens is 1. The van der Waals surface area contributed by atoms with Crippen molar-refractivity contribution in [3.05, 3.63) is 28.7 Å². The maximum absolute atomic E-state index is 12.7. The van der Waals surface area contributed by atoms with Crippen molar-refractivity contribution in [2.75, 3.05) is 11.4 Å². The van der Waals surface area contributed by atoms with Crippen LogP contribution < -0.4 is 10.2 Å². The minimum absolute atomic E-state index is 0.100. The van der Waals surface area contributed by atoms with Crippen LogP contribution in [0, 0.1) is 5.92 Å². The Hall–Kier alpha value is -1.89. The van der Waals surface area contributed by atoms with E-state index in [-0.39, 0.29) is 24.8 Å². The van der Waals surface area contributed by atoms with Gasteiger partial charge in [-0.1, -0.05) is 31.4 Å². The van der Waals surface area contributed by atoms with Crippen LogP contribution in [0.3, 0.4) is 0 Å². The minimum Gasteiger partial charge on any atom is -0.480 e. The highest BCUT2D eigenvalue weighted by atomic mass is 79.9. The third kappa shape index (κ3) is 3.56. The molecule has 7 heteroatoms. The van der Waals surface area contributed by atoms with Crippen molar-refractivity contribution in [1.82, 2.24) is 5.32 Å². The number of carbonyl (C=O) groups excluding carboxylic acids is 2. The zero-order valence-corrected chi connectivity index (χ0v) is 15.4. The standard InChI is InChI=1S/C18H21BrN2O4/c19-13-6-2-3-7-14(13)21-11-12(10-15(21)22)16(23)20-18(17(24)25)8-4-1-5-9-18/h2-3,6-7,12H,1,4-5,8-11H2,(H,20,23)(H,24,25)/t12-/m1/s1. The quantitative estimate of drug-likeness (QED) is 0.801. The van der Waals surface area contributed by atoms with E-state index in [4.69, 9.17) is 0 Å². The number of hydrogen-bond acceptors (Lipinski definition) is 3. The van der Waals surface area contributed by atoms with Gasteiger partial charge >= 0.3 is 5.97 Å². The number of hydrogen-bond donors (Lipinski definition) is 2. The van der Waals surface area contributed by atoms with Crippen LogP contribution in [0.1, 0.15) is 38.5 Å². The molecule has 2 amide bonds. The molecule has 1 aromatic carbocycles. The first-order chi connectivity index (χ1) is 11.9. The number of nitrogens with zero attached hydrogens (tertiary/aromatic N) is 1. The highest BCUT2D eigenvalue weighted by molar-refractivity contribution is 9.10. The van der Waals surface area contributed by atoms with Crippen molar-refractivity contribution in [3.8, 4) is 0 Å². The minimum atomic E-state index is -1.18. The van der Waals surface area contributed by atoms with Gasteiger partial charge in [0.2, 0.25) is 11.8 Å². The Balaban J connectivity index is 1.72. The highest BCUT2D eigenvalue weighted by Gasteiger charge is 2.44. The summed E-state index contributed by atoms with van der Waals surface area (Å²) in [5, 5.41) is 12.4. The number of anilines is 1. The number of nitrogens with one attached hydrogen (secondary N) is 1. The molecule has 0 radical (unpaired) electrons. The molecule has 0 bridgehead atoms. The molecule has 3 rings (SSSR count). The summed E-state index contributed by atoms with van der Waals surface area (Å²) in [6.45, 7) is 0.267. The van der Waals surface area contributed by atoms with Crippen LogP contribution in [-0.4, -0.2) is 35.0 Å². The molecule has 1 aliphatic heterocycles. The smallest absolute Gasteiger partial charge is 0.329 e. The fraction of sp³-hybridized carbons (Fsp3) is 0.500. The van der Waals surface area contributed by atoms with Gasteiger partial charge in [-0.05, 0) is 40.9 Å². The maximum Gasteiger partial charge on any atom is 0.329 e. The number of carboxylic acids is 1. The van der Waals surface area contributed by atoms with Crippen molar-refractivity contribution in [1.29, 1.82) is 0 Å². The van der Waals surface area contributed by atoms with Crippen LogP contribution >= 0.6 is 15.9 Å². The molecule has 2 fully saturated rings. The molecule has 2 aliphatic rings. The first-order valence-corrected chi connectivity index (χ1v) is 9.32. The number of rotatable bonds is 4. The largest absolute Gasteiger partial charge is 0.480 e. The van der Waals surface area contributed by atoms with Gasteiger partial charge in [0.1, 0.15) is 5.54 Å². The summed E-state index contributed by atoms with van der Waals surface area (Å²) in [5.74, 6) is -1.97. The Morgan fingerprint density at radius 3 is 2.52 bits per heavy atom. The zero-order valence-electron chi connectivity index (χ0n) is 13.8. The van der Waals surface area contributed by atoms with Crippen LogP contribution in [-0.2, 0) is 14.4 Å². The van der Waals surface area contributed by atoms with E-state index in [1.54, 1.807) is 4.90 Å². The van der Waals surface area contributed by atoms with Crippen LogP contribution in [0.25, 0.3) is 0 Å². The summed E-state index contributed by atoms with van der Waals surface area (Å²) >= 11 is 3.43. The summed E-state index contributed by atoms with van der Waals surface area (Å²) in [6.07, 6.45) is 3.56. The summed E-state index contributed by atoms with van der Waals surface area (Å²) in [7, 11) is 0. The molecule has 2 N–H and O–H groups in total. The Bertz CT molecular complexity index is 700. The van der Waals surface area contributed by atoms with E-state index in [1.165, 1.54) is 0 Å². The fourth-order valence-electron chi connectivity index (χ4n) is 3.67. The predicted molar refractivity (Wildman–Crippen MR) is 96.2 cm³/mol. The summed E-state index contributed by atoms with van der Waals surface area (Å²) in [6, 6.07) is 7.36. The normalized spacial score (nSPS) is 22.7. The lowest BCUT2D eigenvalue weighted by Crippen LogP contribution is -2.57. The van der Waals surface area contributed by atoms with E-state index in [0.717, 1.165) is 29.4 Å². The molecule has 25 heavy (non-hydrogen) atoms. The lowest BCUT2D eigenvalue weighted by Gasteiger charge is -2.34. The lowest BCUT2D eigenvalue weighted by molar-refractivity contribution is -0.149. The van der Waals surface area contributed by atoms with Crippen molar-refractivity contribution in [2.45, 2.75) is 44.1 Å². The first kappa shape index (κ1) is 17.9. The van der Waals surface area contributed by atoms with Gasteiger partial charge in [-0.2, -0.15) is 0 Å². The molecule has 0 aromatic heterocycles. The molecule has 1 saturated carbocycles. The monoisotopic (exact) mass is 408 g/mol. The van der Waals surface area contributed by atoms with Crippen molar-refractivity contribution in [3.63, 3.8) is 0 Å². The van der Waals surface area contributed by atoms with Gasteiger partial charge in [-0.3, -0.25) is 9.59 Å². The van der Waals surface area contributed by atoms with Crippen molar-refractivity contribution in [2.24, 2.45) is 5.92 Å². The second kappa shape index (κ2) is 7.15. The van der Waals surface area contributed by atoms with E-state index >= 15 is 0 Å². The molecule has 6 nitrogen and oxygen atoms in total. The third-order valence-corrected chi connectivity index (χ3v) is 5.79. The average Bonchev–Trinajstić information content (AvgIpc) is 2.98. The third-order valence-electron chi connectivity index (χ3n) is 5.12. The van der Waals surface area contributed by atoms with Gasteiger partial charge in [0.15, 0.2) is 0 Å². The number of carboxylic acid groups (broad SMARTS) is 1. The number of para-hydroxylation sites is 1. The molecular formula is C18H21BrN2O4. The van der Waals surface area contributed by atoms with Crippen LogP contribution in [0.15, 0.2) is 28.7 Å². The molecule has 1 saturated heterocycles. The number of benzene rings is 1. The van der Waals surface area contributed by atoms with Gasteiger partial charge in [0.05, 0.1) is 11.6 Å². The van der Waals surface area contributed by atoms with Gasteiger partial charge in [0, 0.05) is 17.4 Å². The molecule has 1 aliphatic carbocycles. The fourth-order valence-corrected chi connectivity index (χ4v) is 4.17. The molecule has 1 aromatic rings. The first-order valence-electron chi connectivity index (χ1n) is 8.53. The number of aliphatic carboxylic acids is 1. The Labute approximate surface area is 154 Å². The van der Waals surface area contributed by atoms with Crippen LogP contribution in [0.2, 0.25) is 0 Å². The molecule has 0 spiro atoms. The molecular weight excluding hydrogens is 388 g/mol. The predicted octanol–water partition coefficient (Wildman–Crippen LogP) is 2.71. The second-order valence-electron chi connectivity index (χ2n) is 6.79. The topological polar surface area (TPSA) is 86.7 Å². The lowest BCUT2D eigenvalue weighted by atomic mass is 9.81. The average molecular weight is 409 g/mol. The summed E-state index contributed by atoms with van der Waals surface area (Å²) in [4.78, 5) is 38.3. The second-order valence-corrected chi connectivity index (χ2v) is 7.65. The zero-order chi connectivity index (χ0) is 18.0. The van der Waals surface area contributed by atoms with Gasteiger partial charge in [-0.15, -0.1) is 0 Å². The van der Waals surface area contributed by atoms with E-state index in [2.05, 4.69) is 21.2 Å². The highest BCUT2D eigenvalue weighted by Crippen LogP contribution is 2.33. The van der Waals surface area contributed by atoms with Crippen LogP contribution in [0.4, 0.5) is 5.69 Å². The molecule has 1 atom stereocenters. The Morgan fingerprint density at radius 1 is 1.20 bits per heavy atom. The Kier molecular flexibility index (Phi) is 5.13.